The Morgan fingerprint density at radius 2 is 1.93 bits per heavy atom. The van der Waals surface area contributed by atoms with Gasteiger partial charge < -0.3 is 15.0 Å². The van der Waals surface area contributed by atoms with Crippen LogP contribution in [0.3, 0.4) is 0 Å². The molecule has 6 nitrogen and oxygen atoms in total. The summed E-state index contributed by atoms with van der Waals surface area (Å²) in [5.74, 6) is -0.363. The van der Waals surface area contributed by atoms with Crippen LogP contribution in [0.5, 0.6) is 0 Å². The molecule has 27 heavy (non-hydrogen) atoms. The molecule has 1 aliphatic rings. The van der Waals surface area contributed by atoms with Gasteiger partial charge >= 0.3 is 5.97 Å². The number of carbonyl (C=O) groups is 2. The van der Waals surface area contributed by atoms with E-state index in [4.69, 9.17) is 4.74 Å². The molecule has 0 aliphatic carbocycles. The topological polar surface area (TPSA) is 71.5 Å². The molecule has 1 amide bonds. The highest BCUT2D eigenvalue weighted by molar-refractivity contribution is 6.06. The van der Waals surface area contributed by atoms with Gasteiger partial charge in [-0.3, -0.25) is 9.78 Å². The molecule has 0 spiro atoms. The number of nitrogens with one attached hydrogen (secondary N) is 1. The Labute approximate surface area is 156 Å². The lowest BCUT2D eigenvalue weighted by atomic mass is 10.1. The lowest BCUT2D eigenvalue weighted by Crippen LogP contribution is -2.33. The van der Waals surface area contributed by atoms with E-state index in [1.54, 1.807) is 35.4 Å². The highest BCUT2D eigenvalue weighted by atomic mass is 16.5. The smallest absolute Gasteiger partial charge is 0.337 e. The molecule has 2 heterocycles. The Hall–Kier alpha value is -3.41. The Bertz CT molecular complexity index is 996. The van der Waals surface area contributed by atoms with Crippen molar-refractivity contribution in [3.63, 3.8) is 0 Å². The van der Waals surface area contributed by atoms with Crippen LogP contribution in [0.2, 0.25) is 0 Å². The van der Waals surface area contributed by atoms with Crippen LogP contribution in [0.1, 0.15) is 16.8 Å². The van der Waals surface area contributed by atoms with E-state index in [1.807, 2.05) is 30.3 Å². The van der Waals surface area contributed by atoms with Crippen molar-refractivity contribution in [1.82, 2.24) is 4.98 Å². The highest BCUT2D eigenvalue weighted by Crippen LogP contribution is 2.29. The van der Waals surface area contributed by atoms with Gasteiger partial charge in [0.05, 0.1) is 23.9 Å². The van der Waals surface area contributed by atoms with Crippen LogP contribution < -0.4 is 10.2 Å². The predicted octanol–water partition coefficient (Wildman–Crippen LogP) is 3.24. The predicted molar refractivity (Wildman–Crippen MR) is 104 cm³/mol. The van der Waals surface area contributed by atoms with Crippen molar-refractivity contribution in [2.24, 2.45) is 0 Å². The normalized spacial score (nSPS) is 16.6. The number of hydrogen-bond acceptors (Lipinski definition) is 5. The van der Waals surface area contributed by atoms with E-state index in [0.717, 1.165) is 22.3 Å². The second-order valence-electron chi connectivity index (χ2n) is 6.40. The van der Waals surface area contributed by atoms with Crippen LogP contribution >= 0.6 is 0 Å². The molecule has 4 rings (SSSR count). The first kappa shape index (κ1) is 17.0. The number of ether oxygens (including phenoxy) is 1. The molecule has 6 heteroatoms. The number of esters is 1. The fourth-order valence-corrected chi connectivity index (χ4v) is 3.38. The van der Waals surface area contributed by atoms with Crippen LogP contribution in [-0.2, 0) is 9.53 Å². The molecule has 0 radical (unpaired) electrons. The zero-order valence-electron chi connectivity index (χ0n) is 14.9. The number of amides is 1. The number of benzene rings is 2. The summed E-state index contributed by atoms with van der Waals surface area (Å²) in [6.07, 6.45) is 2.44. The van der Waals surface area contributed by atoms with Crippen LogP contribution in [-0.4, -0.2) is 36.6 Å². The van der Waals surface area contributed by atoms with Gasteiger partial charge in [0.25, 0.3) is 0 Å². The Morgan fingerprint density at radius 3 is 2.70 bits per heavy atom. The monoisotopic (exact) mass is 361 g/mol. The van der Waals surface area contributed by atoms with E-state index in [9.17, 15) is 9.59 Å². The van der Waals surface area contributed by atoms with Crippen molar-refractivity contribution in [3.05, 3.63) is 66.4 Å². The number of carbonyl (C=O) groups excluding carboxylic acids is 2. The molecule has 3 aromatic rings. The third-order valence-electron chi connectivity index (χ3n) is 4.75. The third kappa shape index (κ3) is 3.21. The van der Waals surface area contributed by atoms with Crippen LogP contribution in [0.25, 0.3) is 10.9 Å². The first-order valence-electron chi connectivity index (χ1n) is 8.77. The molecule has 1 fully saturated rings. The minimum atomic E-state index is -0.381. The number of aromatic nitrogens is 1. The van der Waals surface area contributed by atoms with E-state index in [2.05, 4.69) is 10.3 Å². The van der Waals surface area contributed by atoms with Gasteiger partial charge in [-0.15, -0.1) is 0 Å². The molecular formula is C21H19N3O3. The molecule has 136 valence electrons. The van der Waals surface area contributed by atoms with Crippen LogP contribution in [0.15, 0.2) is 60.8 Å². The number of anilines is 2. The van der Waals surface area contributed by atoms with Gasteiger partial charge in [-0.25, -0.2) is 4.79 Å². The van der Waals surface area contributed by atoms with Crippen molar-refractivity contribution in [1.29, 1.82) is 0 Å². The Kier molecular flexibility index (Phi) is 4.46. The second kappa shape index (κ2) is 7.07. The van der Waals surface area contributed by atoms with Crippen molar-refractivity contribution in [3.8, 4) is 0 Å². The standard InChI is InChI=1S/C21H19N3O3/c1-27-21(26)15-7-9-16(10-8-15)23-17-11-13-24(20(17)25)18-6-2-4-14-5-3-12-22-19(14)18/h2-10,12,17,23H,11,13H2,1H3. The minimum absolute atomic E-state index is 0.0187. The zero-order chi connectivity index (χ0) is 18.8. The van der Waals surface area contributed by atoms with Crippen molar-refractivity contribution in [2.45, 2.75) is 12.5 Å². The number of rotatable bonds is 4. The molecule has 2 aromatic carbocycles. The fraction of sp³-hybridized carbons (Fsp3) is 0.190. The number of fused-ring (bicyclic) bond motifs is 1. The van der Waals surface area contributed by atoms with Crippen molar-refractivity contribution >= 4 is 34.2 Å². The van der Waals surface area contributed by atoms with Gasteiger partial charge in [-0.05, 0) is 42.8 Å². The first-order chi connectivity index (χ1) is 13.2. The van der Waals surface area contributed by atoms with Gasteiger partial charge in [0.2, 0.25) is 5.91 Å². The minimum Gasteiger partial charge on any atom is -0.465 e. The average molecular weight is 361 g/mol. The maximum absolute atomic E-state index is 12.9. The van der Waals surface area contributed by atoms with Crippen molar-refractivity contribution < 1.29 is 14.3 Å². The van der Waals surface area contributed by atoms with Gasteiger partial charge in [0.1, 0.15) is 6.04 Å². The average Bonchev–Trinajstić information content (AvgIpc) is 3.07. The van der Waals surface area contributed by atoms with Gasteiger partial charge in [-0.2, -0.15) is 0 Å². The van der Waals surface area contributed by atoms with E-state index < -0.39 is 0 Å². The fourth-order valence-electron chi connectivity index (χ4n) is 3.38. The molecular weight excluding hydrogens is 342 g/mol. The highest BCUT2D eigenvalue weighted by Gasteiger charge is 2.33. The zero-order valence-corrected chi connectivity index (χ0v) is 14.9. The quantitative estimate of drug-likeness (QED) is 0.723. The molecule has 1 N–H and O–H groups in total. The lowest BCUT2D eigenvalue weighted by molar-refractivity contribution is -0.117. The van der Waals surface area contributed by atoms with E-state index in [-0.39, 0.29) is 17.9 Å². The maximum Gasteiger partial charge on any atom is 0.337 e. The van der Waals surface area contributed by atoms with Crippen LogP contribution in [0, 0.1) is 0 Å². The summed E-state index contributed by atoms with van der Waals surface area (Å²) in [5.41, 5.74) is 2.93. The molecule has 1 atom stereocenters. The molecule has 0 bridgehead atoms. The molecule has 1 aromatic heterocycles. The molecule has 1 unspecified atom stereocenters. The van der Waals surface area contributed by atoms with Gasteiger partial charge in [0, 0.05) is 23.8 Å². The summed E-state index contributed by atoms with van der Waals surface area (Å²) < 4.78 is 4.70. The lowest BCUT2D eigenvalue weighted by Gasteiger charge is -2.19. The number of pyridine rings is 1. The largest absolute Gasteiger partial charge is 0.465 e. The number of hydrogen-bond donors (Lipinski definition) is 1. The SMILES string of the molecule is COC(=O)c1ccc(NC2CCN(c3cccc4cccnc34)C2=O)cc1. The van der Waals surface area contributed by atoms with E-state index in [1.165, 1.54) is 7.11 Å². The van der Waals surface area contributed by atoms with Crippen LogP contribution in [0.4, 0.5) is 11.4 Å². The summed E-state index contributed by atoms with van der Waals surface area (Å²) in [7, 11) is 1.35. The maximum atomic E-state index is 12.9. The summed E-state index contributed by atoms with van der Waals surface area (Å²) in [5, 5.41) is 4.27. The molecule has 1 aliphatic heterocycles. The van der Waals surface area contributed by atoms with E-state index in [0.29, 0.717) is 18.5 Å². The summed E-state index contributed by atoms with van der Waals surface area (Å²) in [6, 6.07) is 16.4. The third-order valence-corrected chi connectivity index (χ3v) is 4.75. The first-order valence-corrected chi connectivity index (χ1v) is 8.77. The summed E-state index contributed by atoms with van der Waals surface area (Å²) in [6.45, 7) is 0.631. The summed E-state index contributed by atoms with van der Waals surface area (Å²) >= 11 is 0. The summed E-state index contributed by atoms with van der Waals surface area (Å²) in [4.78, 5) is 30.7. The van der Waals surface area contributed by atoms with Gasteiger partial charge in [-0.1, -0.05) is 18.2 Å². The van der Waals surface area contributed by atoms with Crippen molar-refractivity contribution in [2.75, 3.05) is 23.9 Å². The van der Waals surface area contributed by atoms with Gasteiger partial charge in [0.15, 0.2) is 0 Å². The second-order valence-corrected chi connectivity index (χ2v) is 6.40. The number of methoxy groups -OCH3 is 1. The Balaban J connectivity index is 1.52. The molecule has 0 saturated carbocycles. The number of nitrogens with zero attached hydrogens (tertiary/aromatic N) is 2. The Morgan fingerprint density at radius 1 is 1.15 bits per heavy atom. The van der Waals surface area contributed by atoms with E-state index >= 15 is 0 Å². The number of para-hydroxylation sites is 1. The molecule has 1 saturated heterocycles.